The number of hydrogen-bond acceptors (Lipinski definition) is 4. The Balaban J connectivity index is 2.07. The molecule has 1 aliphatic rings. The number of Topliss-reactive ketones (excluding diaryl/α,β-unsaturated/α-hetero) is 1. The minimum atomic E-state index is -0.166. The van der Waals surface area contributed by atoms with Crippen molar-refractivity contribution in [2.75, 3.05) is 18.0 Å². The van der Waals surface area contributed by atoms with Gasteiger partial charge in [-0.3, -0.25) is 9.78 Å². The van der Waals surface area contributed by atoms with Crippen LogP contribution in [0.4, 0.5) is 5.69 Å². The summed E-state index contributed by atoms with van der Waals surface area (Å²) in [5.74, 6) is -0.0133. The van der Waals surface area contributed by atoms with Crippen LogP contribution in [-0.4, -0.2) is 35.1 Å². The minimum absolute atomic E-state index is 0.0133. The van der Waals surface area contributed by atoms with Crippen molar-refractivity contribution in [3.05, 3.63) is 24.0 Å². The maximum atomic E-state index is 11.1. The van der Waals surface area contributed by atoms with E-state index in [0.717, 1.165) is 31.6 Å². The van der Waals surface area contributed by atoms with Crippen molar-refractivity contribution in [1.29, 1.82) is 0 Å². The smallest absolute Gasteiger partial charge is 0.178 e. The standard InChI is InChI=1S/C12H16N2O2/c1-9(15)12-3-2-10(8-13-12)14-6-4-11(16)5-7-14/h2-3,8,11,16H,4-7H2,1H3. The number of rotatable bonds is 2. The summed E-state index contributed by atoms with van der Waals surface area (Å²) in [6.45, 7) is 3.21. The highest BCUT2D eigenvalue weighted by atomic mass is 16.3. The van der Waals surface area contributed by atoms with Crippen molar-refractivity contribution in [2.45, 2.75) is 25.9 Å². The number of carbonyl (C=O) groups excluding carboxylic acids is 1. The van der Waals surface area contributed by atoms with E-state index in [1.807, 2.05) is 6.07 Å². The Kier molecular flexibility index (Phi) is 3.19. The van der Waals surface area contributed by atoms with Crippen LogP contribution in [0.15, 0.2) is 18.3 Å². The molecule has 1 aromatic heterocycles. The van der Waals surface area contributed by atoms with Gasteiger partial charge in [-0.15, -0.1) is 0 Å². The topological polar surface area (TPSA) is 53.4 Å². The SMILES string of the molecule is CC(=O)c1ccc(N2CCC(O)CC2)cn1. The number of pyridine rings is 1. The number of carbonyl (C=O) groups is 1. The van der Waals surface area contributed by atoms with Crippen molar-refractivity contribution in [3.63, 3.8) is 0 Å². The molecule has 1 aliphatic heterocycles. The highest BCUT2D eigenvalue weighted by Crippen LogP contribution is 2.19. The summed E-state index contributed by atoms with van der Waals surface area (Å²) in [5.41, 5.74) is 1.53. The summed E-state index contributed by atoms with van der Waals surface area (Å²) >= 11 is 0. The third-order valence-electron chi connectivity index (χ3n) is 2.94. The van der Waals surface area contributed by atoms with Crippen LogP contribution in [0.25, 0.3) is 0 Å². The van der Waals surface area contributed by atoms with E-state index in [1.54, 1.807) is 12.3 Å². The highest BCUT2D eigenvalue weighted by molar-refractivity contribution is 5.92. The Morgan fingerprint density at radius 2 is 2.12 bits per heavy atom. The van der Waals surface area contributed by atoms with Gasteiger partial charge in [-0.1, -0.05) is 0 Å². The fourth-order valence-electron chi connectivity index (χ4n) is 1.91. The van der Waals surface area contributed by atoms with Crippen LogP contribution in [0.5, 0.6) is 0 Å². The normalized spacial score (nSPS) is 17.5. The molecule has 0 saturated carbocycles. The van der Waals surface area contributed by atoms with Crippen LogP contribution in [-0.2, 0) is 0 Å². The Hall–Kier alpha value is -1.42. The zero-order valence-corrected chi connectivity index (χ0v) is 9.39. The number of hydrogen-bond donors (Lipinski definition) is 1. The molecule has 1 aromatic rings. The van der Waals surface area contributed by atoms with Crippen molar-refractivity contribution in [3.8, 4) is 0 Å². The van der Waals surface area contributed by atoms with Gasteiger partial charge in [0, 0.05) is 20.0 Å². The first-order chi connectivity index (χ1) is 7.66. The second-order valence-corrected chi connectivity index (χ2v) is 4.18. The predicted molar refractivity (Wildman–Crippen MR) is 61.7 cm³/mol. The van der Waals surface area contributed by atoms with Crippen LogP contribution in [0, 0.1) is 0 Å². The number of aliphatic hydroxyl groups is 1. The number of piperidine rings is 1. The van der Waals surface area contributed by atoms with Gasteiger partial charge in [-0.2, -0.15) is 0 Å². The Morgan fingerprint density at radius 1 is 1.44 bits per heavy atom. The van der Waals surface area contributed by atoms with Gasteiger partial charge >= 0.3 is 0 Å². The zero-order chi connectivity index (χ0) is 11.5. The molecule has 2 rings (SSSR count). The third kappa shape index (κ3) is 2.39. The van der Waals surface area contributed by atoms with Crippen molar-refractivity contribution in [2.24, 2.45) is 0 Å². The molecule has 0 bridgehead atoms. The van der Waals surface area contributed by atoms with E-state index in [1.165, 1.54) is 6.92 Å². The van der Waals surface area contributed by atoms with Gasteiger partial charge in [0.2, 0.25) is 0 Å². The molecule has 4 nitrogen and oxygen atoms in total. The van der Waals surface area contributed by atoms with E-state index in [9.17, 15) is 9.90 Å². The molecule has 0 aromatic carbocycles. The fourth-order valence-corrected chi connectivity index (χ4v) is 1.91. The molecule has 16 heavy (non-hydrogen) atoms. The maximum absolute atomic E-state index is 11.1. The lowest BCUT2D eigenvalue weighted by Crippen LogP contribution is -2.35. The molecule has 0 spiro atoms. The van der Waals surface area contributed by atoms with E-state index < -0.39 is 0 Å². The number of anilines is 1. The molecule has 2 heterocycles. The van der Waals surface area contributed by atoms with Crippen molar-refractivity contribution < 1.29 is 9.90 Å². The van der Waals surface area contributed by atoms with E-state index in [-0.39, 0.29) is 11.9 Å². The molecule has 86 valence electrons. The van der Waals surface area contributed by atoms with E-state index in [0.29, 0.717) is 5.69 Å². The van der Waals surface area contributed by atoms with Crippen LogP contribution >= 0.6 is 0 Å². The summed E-state index contributed by atoms with van der Waals surface area (Å²) < 4.78 is 0. The van der Waals surface area contributed by atoms with E-state index in [4.69, 9.17) is 0 Å². The number of aromatic nitrogens is 1. The first-order valence-electron chi connectivity index (χ1n) is 5.57. The molecular formula is C12H16N2O2. The fraction of sp³-hybridized carbons (Fsp3) is 0.500. The Labute approximate surface area is 94.9 Å². The van der Waals surface area contributed by atoms with Crippen LogP contribution in [0.1, 0.15) is 30.3 Å². The molecular weight excluding hydrogens is 204 g/mol. The van der Waals surface area contributed by atoms with E-state index >= 15 is 0 Å². The molecule has 0 unspecified atom stereocenters. The average molecular weight is 220 g/mol. The number of aliphatic hydroxyl groups excluding tert-OH is 1. The van der Waals surface area contributed by atoms with Gasteiger partial charge in [0.05, 0.1) is 18.0 Å². The van der Waals surface area contributed by atoms with Gasteiger partial charge in [0.1, 0.15) is 5.69 Å². The Morgan fingerprint density at radius 3 is 2.62 bits per heavy atom. The summed E-state index contributed by atoms with van der Waals surface area (Å²) in [6.07, 6.45) is 3.16. The second kappa shape index (κ2) is 4.61. The largest absolute Gasteiger partial charge is 0.393 e. The second-order valence-electron chi connectivity index (χ2n) is 4.18. The molecule has 1 saturated heterocycles. The minimum Gasteiger partial charge on any atom is -0.393 e. The molecule has 1 N–H and O–H groups in total. The summed E-state index contributed by atoms with van der Waals surface area (Å²) in [6, 6.07) is 3.67. The summed E-state index contributed by atoms with van der Waals surface area (Å²) in [7, 11) is 0. The molecule has 1 fully saturated rings. The monoisotopic (exact) mass is 220 g/mol. The van der Waals surface area contributed by atoms with Crippen molar-refractivity contribution >= 4 is 11.5 Å². The number of ketones is 1. The zero-order valence-electron chi connectivity index (χ0n) is 9.39. The lowest BCUT2D eigenvalue weighted by molar-refractivity contribution is 0.101. The van der Waals surface area contributed by atoms with Crippen molar-refractivity contribution in [1.82, 2.24) is 4.98 Å². The van der Waals surface area contributed by atoms with Crippen LogP contribution in [0.3, 0.4) is 0 Å². The highest BCUT2D eigenvalue weighted by Gasteiger charge is 2.17. The first-order valence-corrected chi connectivity index (χ1v) is 5.57. The van der Waals surface area contributed by atoms with Gasteiger partial charge in [0.15, 0.2) is 5.78 Å². The van der Waals surface area contributed by atoms with Crippen LogP contribution < -0.4 is 4.90 Å². The molecule has 0 atom stereocenters. The van der Waals surface area contributed by atoms with E-state index in [2.05, 4.69) is 9.88 Å². The Bertz CT molecular complexity index is 367. The van der Waals surface area contributed by atoms with Gasteiger partial charge in [-0.05, 0) is 25.0 Å². The lowest BCUT2D eigenvalue weighted by Gasteiger charge is -2.31. The summed E-state index contributed by atoms with van der Waals surface area (Å²) in [4.78, 5) is 17.4. The van der Waals surface area contributed by atoms with Gasteiger partial charge < -0.3 is 10.0 Å². The van der Waals surface area contributed by atoms with Crippen LogP contribution in [0.2, 0.25) is 0 Å². The van der Waals surface area contributed by atoms with Gasteiger partial charge in [-0.25, -0.2) is 0 Å². The molecule has 0 radical (unpaired) electrons. The third-order valence-corrected chi connectivity index (χ3v) is 2.94. The predicted octanol–water partition coefficient (Wildman–Crippen LogP) is 1.25. The lowest BCUT2D eigenvalue weighted by atomic mass is 10.1. The molecule has 0 amide bonds. The summed E-state index contributed by atoms with van der Waals surface area (Å²) in [5, 5.41) is 9.40. The molecule has 0 aliphatic carbocycles. The van der Waals surface area contributed by atoms with Gasteiger partial charge in [0.25, 0.3) is 0 Å². The quantitative estimate of drug-likeness (QED) is 0.762. The molecule has 4 heteroatoms. The average Bonchev–Trinajstić information content (AvgIpc) is 2.30. The maximum Gasteiger partial charge on any atom is 0.178 e. The number of nitrogens with zero attached hydrogens (tertiary/aromatic N) is 2. The first kappa shape index (κ1) is 11.1.